The lowest BCUT2D eigenvalue weighted by Gasteiger charge is -2.31. The SMILES string of the molecule is CCOC(=O)C(C)(CCN1CCS(=O)CC1)NC. The highest BCUT2D eigenvalue weighted by Gasteiger charge is 2.33. The molecule has 0 aromatic carbocycles. The van der Waals surface area contributed by atoms with Crippen LogP contribution in [0.15, 0.2) is 0 Å². The van der Waals surface area contributed by atoms with Gasteiger partial charge in [-0.15, -0.1) is 0 Å². The monoisotopic (exact) mass is 276 g/mol. The second-order valence-electron chi connectivity index (χ2n) is 4.74. The minimum Gasteiger partial charge on any atom is -0.465 e. The lowest BCUT2D eigenvalue weighted by atomic mass is 9.98. The Morgan fingerprint density at radius 3 is 2.56 bits per heavy atom. The first-order chi connectivity index (χ1) is 8.51. The van der Waals surface area contributed by atoms with Gasteiger partial charge in [-0.05, 0) is 27.3 Å². The van der Waals surface area contributed by atoms with E-state index in [4.69, 9.17) is 4.74 Å². The largest absolute Gasteiger partial charge is 0.465 e. The van der Waals surface area contributed by atoms with Gasteiger partial charge in [0.1, 0.15) is 5.54 Å². The van der Waals surface area contributed by atoms with E-state index in [1.165, 1.54) is 0 Å². The highest BCUT2D eigenvalue weighted by Crippen LogP contribution is 2.13. The Morgan fingerprint density at radius 2 is 2.06 bits per heavy atom. The molecule has 1 unspecified atom stereocenters. The molecular weight excluding hydrogens is 252 g/mol. The number of nitrogens with one attached hydrogen (secondary N) is 1. The topological polar surface area (TPSA) is 58.6 Å². The molecule has 0 aliphatic carbocycles. The van der Waals surface area contributed by atoms with Gasteiger partial charge in [0.2, 0.25) is 0 Å². The first-order valence-corrected chi connectivity index (χ1v) is 7.94. The molecule has 1 atom stereocenters. The second-order valence-corrected chi connectivity index (χ2v) is 6.44. The molecule has 0 radical (unpaired) electrons. The first kappa shape index (κ1) is 15.6. The molecule has 6 heteroatoms. The fourth-order valence-electron chi connectivity index (χ4n) is 1.90. The van der Waals surface area contributed by atoms with Crippen LogP contribution in [0, 0.1) is 0 Å². The van der Waals surface area contributed by atoms with Crippen LogP contribution in [-0.4, -0.2) is 65.4 Å². The normalized spacial score (nSPS) is 21.5. The van der Waals surface area contributed by atoms with Gasteiger partial charge in [-0.2, -0.15) is 0 Å². The fourth-order valence-corrected chi connectivity index (χ4v) is 3.03. The molecule has 5 nitrogen and oxygen atoms in total. The lowest BCUT2D eigenvalue weighted by molar-refractivity contribution is -0.150. The molecule has 0 aromatic rings. The number of hydrogen-bond acceptors (Lipinski definition) is 5. The third-order valence-electron chi connectivity index (χ3n) is 3.48. The Labute approximate surface area is 112 Å². The van der Waals surface area contributed by atoms with Gasteiger partial charge in [-0.25, -0.2) is 0 Å². The number of nitrogens with zero attached hydrogens (tertiary/aromatic N) is 1. The summed E-state index contributed by atoms with van der Waals surface area (Å²) in [5.74, 6) is 1.29. The molecule has 1 N–H and O–H groups in total. The summed E-state index contributed by atoms with van der Waals surface area (Å²) in [4.78, 5) is 14.1. The number of carbonyl (C=O) groups is 1. The van der Waals surface area contributed by atoms with E-state index in [1.807, 2.05) is 13.8 Å². The van der Waals surface area contributed by atoms with E-state index in [-0.39, 0.29) is 5.97 Å². The molecule has 1 heterocycles. The maximum atomic E-state index is 11.9. The molecule has 1 saturated heterocycles. The van der Waals surface area contributed by atoms with Crippen molar-refractivity contribution in [3.05, 3.63) is 0 Å². The first-order valence-electron chi connectivity index (χ1n) is 6.45. The van der Waals surface area contributed by atoms with Crippen molar-refractivity contribution in [3.8, 4) is 0 Å². The van der Waals surface area contributed by atoms with Gasteiger partial charge in [0, 0.05) is 41.9 Å². The van der Waals surface area contributed by atoms with Crippen molar-refractivity contribution < 1.29 is 13.7 Å². The van der Waals surface area contributed by atoms with Crippen LogP contribution >= 0.6 is 0 Å². The lowest BCUT2D eigenvalue weighted by Crippen LogP contribution is -2.51. The van der Waals surface area contributed by atoms with Gasteiger partial charge in [0.15, 0.2) is 0 Å². The average Bonchev–Trinajstić information content (AvgIpc) is 2.38. The zero-order valence-electron chi connectivity index (χ0n) is 11.5. The highest BCUT2D eigenvalue weighted by atomic mass is 32.2. The smallest absolute Gasteiger partial charge is 0.326 e. The molecule has 106 valence electrons. The molecule has 0 amide bonds. The summed E-state index contributed by atoms with van der Waals surface area (Å²) < 4.78 is 16.3. The van der Waals surface area contributed by atoms with Gasteiger partial charge >= 0.3 is 5.97 Å². The van der Waals surface area contributed by atoms with E-state index in [9.17, 15) is 9.00 Å². The Bertz CT molecular complexity index is 302. The maximum absolute atomic E-state index is 11.9. The van der Waals surface area contributed by atoms with Gasteiger partial charge in [-0.1, -0.05) is 0 Å². The van der Waals surface area contributed by atoms with Gasteiger partial charge in [0.05, 0.1) is 6.61 Å². The van der Waals surface area contributed by atoms with Crippen molar-refractivity contribution in [1.82, 2.24) is 10.2 Å². The van der Waals surface area contributed by atoms with Crippen molar-refractivity contribution >= 4 is 16.8 Å². The summed E-state index contributed by atoms with van der Waals surface area (Å²) in [6, 6.07) is 0. The number of hydrogen-bond donors (Lipinski definition) is 1. The van der Waals surface area contributed by atoms with Crippen molar-refractivity contribution in [2.75, 3.05) is 44.8 Å². The van der Waals surface area contributed by atoms with E-state index in [0.717, 1.165) is 31.1 Å². The van der Waals surface area contributed by atoms with Crippen LogP contribution in [0.5, 0.6) is 0 Å². The summed E-state index contributed by atoms with van der Waals surface area (Å²) in [7, 11) is 1.13. The summed E-state index contributed by atoms with van der Waals surface area (Å²) >= 11 is 0. The predicted molar refractivity (Wildman–Crippen MR) is 73.0 cm³/mol. The Kier molecular flexibility index (Phi) is 6.25. The molecule has 18 heavy (non-hydrogen) atoms. The van der Waals surface area contributed by atoms with Gasteiger partial charge < -0.3 is 15.0 Å². The van der Waals surface area contributed by atoms with Crippen molar-refractivity contribution in [2.24, 2.45) is 0 Å². The number of likely N-dealkylation sites (N-methyl/N-ethyl adjacent to an activating group) is 1. The Hall–Kier alpha value is -0.460. The predicted octanol–water partition coefficient (Wildman–Crippen LogP) is -0.0180. The molecule has 0 spiro atoms. The van der Waals surface area contributed by atoms with E-state index in [2.05, 4.69) is 10.2 Å². The maximum Gasteiger partial charge on any atom is 0.326 e. The second kappa shape index (κ2) is 7.21. The van der Waals surface area contributed by atoms with Crippen LogP contribution in [0.1, 0.15) is 20.3 Å². The summed E-state index contributed by atoms with van der Waals surface area (Å²) in [6.45, 7) is 6.62. The number of esters is 1. The zero-order valence-corrected chi connectivity index (χ0v) is 12.3. The molecule has 0 saturated carbocycles. The Balaban J connectivity index is 2.43. The minimum absolute atomic E-state index is 0.201. The quantitative estimate of drug-likeness (QED) is 0.691. The number of ether oxygens (including phenoxy) is 1. The van der Waals surface area contributed by atoms with Gasteiger partial charge in [-0.3, -0.25) is 9.00 Å². The van der Waals surface area contributed by atoms with E-state index >= 15 is 0 Å². The summed E-state index contributed by atoms with van der Waals surface area (Å²) in [6.07, 6.45) is 0.703. The Morgan fingerprint density at radius 1 is 1.44 bits per heavy atom. The molecular formula is C12H24N2O3S. The van der Waals surface area contributed by atoms with Crippen LogP contribution in [0.4, 0.5) is 0 Å². The van der Waals surface area contributed by atoms with Crippen molar-refractivity contribution in [3.63, 3.8) is 0 Å². The van der Waals surface area contributed by atoms with Crippen molar-refractivity contribution in [1.29, 1.82) is 0 Å². The molecule has 1 rings (SSSR count). The molecule has 0 aromatic heterocycles. The molecule has 0 bridgehead atoms. The van der Waals surface area contributed by atoms with Crippen LogP contribution in [0.3, 0.4) is 0 Å². The third kappa shape index (κ3) is 4.33. The molecule has 1 aliphatic rings. The van der Waals surface area contributed by atoms with E-state index in [0.29, 0.717) is 13.0 Å². The fraction of sp³-hybridized carbons (Fsp3) is 0.917. The van der Waals surface area contributed by atoms with Crippen LogP contribution < -0.4 is 5.32 Å². The number of carbonyl (C=O) groups excluding carboxylic acids is 1. The zero-order chi connectivity index (χ0) is 13.6. The van der Waals surface area contributed by atoms with Crippen LogP contribution in [-0.2, 0) is 20.3 Å². The highest BCUT2D eigenvalue weighted by molar-refractivity contribution is 7.85. The standard InChI is InChI=1S/C12H24N2O3S/c1-4-17-11(15)12(2,13-3)5-6-14-7-9-18(16)10-8-14/h13H,4-10H2,1-3H3. The van der Waals surface area contributed by atoms with Gasteiger partial charge in [0.25, 0.3) is 0 Å². The third-order valence-corrected chi connectivity index (χ3v) is 4.75. The van der Waals surface area contributed by atoms with E-state index < -0.39 is 16.3 Å². The van der Waals surface area contributed by atoms with Crippen LogP contribution in [0.2, 0.25) is 0 Å². The molecule has 1 aliphatic heterocycles. The minimum atomic E-state index is -0.648. The summed E-state index contributed by atoms with van der Waals surface area (Å²) in [5, 5.41) is 3.05. The summed E-state index contributed by atoms with van der Waals surface area (Å²) in [5.41, 5.74) is -0.632. The van der Waals surface area contributed by atoms with E-state index in [1.54, 1.807) is 7.05 Å². The molecule has 1 fully saturated rings. The van der Waals surface area contributed by atoms with Crippen LogP contribution in [0.25, 0.3) is 0 Å². The average molecular weight is 276 g/mol. The van der Waals surface area contributed by atoms with Crippen molar-refractivity contribution in [2.45, 2.75) is 25.8 Å². The number of rotatable bonds is 6.